The number of likely N-dealkylation sites (tertiary alicyclic amines) is 1. The third kappa shape index (κ3) is 3.29. The van der Waals surface area contributed by atoms with Crippen LogP contribution in [0.4, 0.5) is 5.00 Å². The van der Waals surface area contributed by atoms with Crippen molar-refractivity contribution in [1.82, 2.24) is 9.27 Å². The maximum Gasteiger partial charge on any atom is 0.343 e. The van der Waals surface area contributed by atoms with E-state index in [1.54, 1.807) is 25.3 Å². The summed E-state index contributed by atoms with van der Waals surface area (Å²) in [5.74, 6) is -0.656. The number of thiophene rings is 1. The maximum atomic E-state index is 12.5. The molecule has 128 valence electrons. The summed E-state index contributed by atoms with van der Waals surface area (Å²) in [7, 11) is 1.73. The highest BCUT2D eigenvalue weighted by atomic mass is 32.1. The van der Waals surface area contributed by atoms with Crippen LogP contribution < -0.4 is 5.32 Å². The van der Waals surface area contributed by atoms with E-state index < -0.39 is 5.97 Å². The van der Waals surface area contributed by atoms with Crippen molar-refractivity contribution in [2.45, 2.75) is 25.8 Å². The molecule has 0 aromatic carbocycles. The number of aryl methyl sites for hydroxylation is 1. The second kappa shape index (κ2) is 7.31. The summed E-state index contributed by atoms with van der Waals surface area (Å²) in [5, 5.41) is 5.60. The van der Waals surface area contributed by atoms with Crippen LogP contribution in [0.15, 0.2) is 17.5 Å². The standard InChI is InChI=1S/C16H19N3O3S2/c1-10-14(15(17-2)24-18-10)16(21)22-9-13(20)19-7-3-5-11(19)12-6-4-8-23-12/h4,6,8,11,17H,3,5,7,9H2,1-2H3/t11-/m0/s1. The van der Waals surface area contributed by atoms with Crippen LogP contribution in [-0.4, -0.2) is 41.3 Å². The maximum absolute atomic E-state index is 12.5. The lowest BCUT2D eigenvalue weighted by Gasteiger charge is -2.23. The number of anilines is 1. The van der Waals surface area contributed by atoms with Crippen LogP contribution in [0.25, 0.3) is 0 Å². The largest absolute Gasteiger partial charge is 0.452 e. The Morgan fingerprint density at radius 1 is 1.50 bits per heavy atom. The Hall–Kier alpha value is -1.93. The fraction of sp³-hybridized carbons (Fsp3) is 0.438. The van der Waals surface area contributed by atoms with Crippen molar-refractivity contribution < 1.29 is 14.3 Å². The SMILES string of the molecule is CNc1snc(C)c1C(=O)OCC(=O)N1CCC[C@H]1c1cccs1. The number of aromatic nitrogens is 1. The highest BCUT2D eigenvalue weighted by molar-refractivity contribution is 7.10. The summed E-state index contributed by atoms with van der Waals surface area (Å²) in [6.07, 6.45) is 1.93. The molecular formula is C16H19N3O3S2. The van der Waals surface area contributed by atoms with E-state index in [4.69, 9.17) is 4.74 Å². The average Bonchev–Trinajstić information content (AvgIpc) is 3.30. The Labute approximate surface area is 148 Å². The molecule has 1 fully saturated rings. The first kappa shape index (κ1) is 16.9. The topological polar surface area (TPSA) is 71.5 Å². The summed E-state index contributed by atoms with van der Waals surface area (Å²) >= 11 is 2.86. The number of amides is 1. The van der Waals surface area contributed by atoms with Gasteiger partial charge in [0.05, 0.1) is 11.7 Å². The first-order valence-electron chi connectivity index (χ1n) is 7.76. The Bertz CT molecular complexity index is 727. The fourth-order valence-electron chi connectivity index (χ4n) is 2.91. The number of nitrogens with one attached hydrogen (secondary N) is 1. The Morgan fingerprint density at radius 3 is 3.04 bits per heavy atom. The molecule has 3 rings (SSSR count). The van der Waals surface area contributed by atoms with Gasteiger partial charge in [-0.2, -0.15) is 4.37 Å². The number of hydrogen-bond donors (Lipinski definition) is 1. The van der Waals surface area contributed by atoms with E-state index in [0.717, 1.165) is 12.8 Å². The molecule has 0 unspecified atom stereocenters. The number of rotatable bonds is 5. The molecule has 1 N–H and O–H groups in total. The molecule has 0 aliphatic carbocycles. The third-order valence-corrected chi connectivity index (χ3v) is 5.99. The van der Waals surface area contributed by atoms with Gasteiger partial charge in [0.1, 0.15) is 10.6 Å². The molecule has 1 atom stereocenters. The zero-order valence-electron chi connectivity index (χ0n) is 13.6. The predicted octanol–water partition coefficient (Wildman–Crippen LogP) is 3.08. The van der Waals surface area contributed by atoms with E-state index in [1.165, 1.54) is 16.4 Å². The lowest BCUT2D eigenvalue weighted by molar-refractivity contribution is -0.135. The minimum absolute atomic E-state index is 0.105. The van der Waals surface area contributed by atoms with Gasteiger partial charge in [0.25, 0.3) is 5.91 Å². The zero-order chi connectivity index (χ0) is 17.1. The van der Waals surface area contributed by atoms with Crippen LogP contribution in [-0.2, 0) is 9.53 Å². The van der Waals surface area contributed by atoms with Gasteiger partial charge in [0.2, 0.25) is 0 Å². The zero-order valence-corrected chi connectivity index (χ0v) is 15.2. The van der Waals surface area contributed by atoms with Gasteiger partial charge < -0.3 is 15.0 Å². The van der Waals surface area contributed by atoms with Crippen LogP contribution in [0.3, 0.4) is 0 Å². The van der Waals surface area contributed by atoms with E-state index in [9.17, 15) is 9.59 Å². The number of esters is 1. The van der Waals surface area contributed by atoms with Crippen molar-refractivity contribution >= 4 is 39.7 Å². The monoisotopic (exact) mass is 365 g/mol. The molecule has 0 radical (unpaired) electrons. The minimum Gasteiger partial charge on any atom is -0.452 e. The lowest BCUT2D eigenvalue weighted by atomic mass is 10.2. The van der Waals surface area contributed by atoms with Crippen molar-refractivity contribution in [3.63, 3.8) is 0 Å². The van der Waals surface area contributed by atoms with Gasteiger partial charge in [-0.3, -0.25) is 4.79 Å². The summed E-state index contributed by atoms with van der Waals surface area (Å²) < 4.78 is 9.39. The van der Waals surface area contributed by atoms with Crippen LogP contribution in [0, 0.1) is 6.92 Å². The van der Waals surface area contributed by atoms with Crippen molar-refractivity contribution in [1.29, 1.82) is 0 Å². The Kier molecular flexibility index (Phi) is 5.15. The van der Waals surface area contributed by atoms with Crippen LogP contribution in [0.5, 0.6) is 0 Å². The van der Waals surface area contributed by atoms with Crippen LogP contribution >= 0.6 is 22.9 Å². The first-order valence-corrected chi connectivity index (χ1v) is 9.41. The molecule has 0 bridgehead atoms. The summed E-state index contributed by atoms with van der Waals surface area (Å²) in [5.41, 5.74) is 1.02. The van der Waals surface area contributed by atoms with Crippen LogP contribution in [0.2, 0.25) is 0 Å². The molecular weight excluding hydrogens is 346 g/mol. The molecule has 1 aliphatic rings. The van der Waals surface area contributed by atoms with Crippen molar-refractivity contribution in [2.24, 2.45) is 0 Å². The van der Waals surface area contributed by atoms with Gasteiger partial charge in [-0.25, -0.2) is 4.79 Å². The minimum atomic E-state index is -0.508. The molecule has 24 heavy (non-hydrogen) atoms. The molecule has 2 aromatic heterocycles. The number of ether oxygens (including phenoxy) is 1. The number of carbonyl (C=O) groups is 2. The van der Waals surface area contributed by atoms with Crippen molar-refractivity contribution in [3.05, 3.63) is 33.6 Å². The second-order valence-electron chi connectivity index (χ2n) is 5.56. The number of hydrogen-bond acceptors (Lipinski definition) is 7. The summed E-state index contributed by atoms with van der Waals surface area (Å²) in [6, 6.07) is 4.15. The third-order valence-electron chi connectivity index (χ3n) is 4.07. The fourth-order valence-corrected chi connectivity index (χ4v) is 4.51. The van der Waals surface area contributed by atoms with Crippen molar-refractivity contribution in [2.75, 3.05) is 25.5 Å². The van der Waals surface area contributed by atoms with Crippen molar-refractivity contribution in [3.8, 4) is 0 Å². The molecule has 1 amide bonds. The Morgan fingerprint density at radius 2 is 2.33 bits per heavy atom. The quantitative estimate of drug-likeness (QED) is 0.825. The van der Waals surface area contributed by atoms with Gasteiger partial charge in [-0.15, -0.1) is 11.3 Å². The molecule has 1 saturated heterocycles. The van der Waals surface area contributed by atoms with Gasteiger partial charge in [0, 0.05) is 18.5 Å². The normalized spacial score (nSPS) is 17.1. The summed E-state index contributed by atoms with van der Waals surface area (Å²) in [4.78, 5) is 27.8. The van der Waals surface area contributed by atoms with E-state index in [1.807, 2.05) is 22.4 Å². The number of carbonyl (C=O) groups excluding carboxylic acids is 2. The van der Waals surface area contributed by atoms with E-state index in [2.05, 4.69) is 9.69 Å². The van der Waals surface area contributed by atoms with E-state index in [0.29, 0.717) is 22.8 Å². The second-order valence-corrected chi connectivity index (χ2v) is 7.31. The molecule has 0 saturated carbocycles. The summed E-state index contributed by atoms with van der Waals surface area (Å²) in [6.45, 7) is 2.22. The highest BCUT2D eigenvalue weighted by Crippen LogP contribution is 2.34. The molecule has 8 heteroatoms. The smallest absolute Gasteiger partial charge is 0.343 e. The number of nitrogens with zero attached hydrogens (tertiary/aromatic N) is 2. The molecule has 0 spiro atoms. The molecule has 2 aromatic rings. The first-order chi connectivity index (χ1) is 11.6. The molecule has 3 heterocycles. The average molecular weight is 365 g/mol. The van der Waals surface area contributed by atoms with E-state index in [-0.39, 0.29) is 18.6 Å². The lowest BCUT2D eigenvalue weighted by Crippen LogP contribution is -2.34. The van der Waals surface area contributed by atoms with Gasteiger partial charge in [0.15, 0.2) is 6.61 Å². The predicted molar refractivity (Wildman–Crippen MR) is 94.7 cm³/mol. The van der Waals surface area contributed by atoms with Gasteiger partial charge in [-0.05, 0) is 42.7 Å². The van der Waals surface area contributed by atoms with Gasteiger partial charge in [-0.1, -0.05) is 6.07 Å². The van der Waals surface area contributed by atoms with Crippen LogP contribution in [0.1, 0.15) is 39.8 Å². The highest BCUT2D eigenvalue weighted by Gasteiger charge is 2.31. The molecule has 1 aliphatic heterocycles. The molecule has 6 nitrogen and oxygen atoms in total. The Balaban J connectivity index is 1.63. The van der Waals surface area contributed by atoms with E-state index >= 15 is 0 Å². The van der Waals surface area contributed by atoms with Gasteiger partial charge >= 0.3 is 5.97 Å².